The van der Waals surface area contributed by atoms with Crippen LogP contribution in [0, 0.1) is 0 Å². The van der Waals surface area contributed by atoms with E-state index in [1.165, 1.54) is 11.1 Å². The van der Waals surface area contributed by atoms with Crippen LogP contribution in [0.2, 0.25) is 0 Å². The molecule has 82 valence electrons. The first kappa shape index (κ1) is 10.6. The molecule has 0 saturated heterocycles. The Bertz CT molecular complexity index is 423. The maximum absolute atomic E-state index is 4.11. The van der Waals surface area contributed by atoms with Gasteiger partial charge in [0.25, 0.3) is 0 Å². The molecule has 3 heteroatoms. The maximum atomic E-state index is 4.11. The van der Waals surface area contributed by atoms with E-state index in [0.29, 0.717) is 0 Å². The molecule has 0 unspecified atom stereocenters. The monoisotopic (exact) mass is 213 g/mol. The molecule has 0 amide bonds. The minimum absolute atomic E-state index is 0.793. The van der Waals surface area contributed by atoms with Gasteiger partial charge in [-0.2, -0.15) is 0 Å². The Kier molecular flexibility index (Phi) is 3.49. The molecule has 0 saturated carbocycles. The molecule has 1 aromatic carbocycles. The summed E-state index contributed by atoms with van der Waals surface area (Å²) in [6.07, 6.45) is 4.36. The van der Waals surface area contributed by atoms with Gasteiger partial charge in [-0.15, -0.1) is 0 Å². The Morgan fingerprint density at radius 3 is 2.44 bits per heavy atom. The summed E-state index contributed by atoms with van der Waals surface area (Å²) in [4.78, 5) is 7.98. The quantitative estimate of drug-likeness (QED) is 0.848. The highest BCUT2D eigenvalue weighted by atomic mass is 15.0. The van der Waals surface area contributed by atoms with Gasteiger partial charge in [-0.25, -0.2) is 9.97 Å². The number of rotatable bonds is 4. The largest absolute Gasteiger partial charge is 0.366 e. The summed E-state index contributed by atoms with van der Waals surface area (Å²) in [5.41, 5.74) is 2.63. The van der Waals surface area contributed by atoms with Gasteiger partial charge >= 0.3 is 0 Å². The molecule has 0 aliphatic heterocycles. The molecule has 0 bridgehead atoms. The zero-order chi connectivity index (χ0) is 11.2. The van der Waals surface area contributed by atoms with Crippen LogP contribution in [0.4, 0.5) is 5.82 Å². The van der Waals surface area contributed by atoms with Crippen LogP contribution >= 0.6 is 0 Å². The van der Waals surface area contributed by atoms with Crippen molar-refractivity contribution in [1.82, 2.24) is 9.97 Å². The third-order valence-corrected chi connectivity index (χ3v) is 2.49. The van der Waals surface area contributed by atoms with E-state index in [2.05, 4.69) is 46.5 Å². The van der Waals surface area contributed by atoms with Gasteiger partial charge in [0.05, 0.1) is 0 Å². The standard InChI is InChI=1S/C13H15N3/c1-2-11-3-5-12(6-4-11)9-15-13-7-8-14-10-16-13/h3-8,10H,2,9H2,1H3,(H,14,15,16). The van der Waals surface area contributed by atoms with Crippen LogP contribution in [-0.2, 0) is 13.0 Å². The summed E-state index contributed by atoms with van der Waals surface area (Å²) < 4.78 is 0. The summed E-state index contributed by atoms with van der Waals surface area (Å²) in [7, 11) is 0. The highest BCUT2D eigenvalue weighted by Crippen LogP contribution is 2.07. The van der Waals surface area contributed by atoms with Crippen LogP contribution in [0.15, 0.2) is 42.9 Å². The summed E-state index contributed by atoms with van der Waals surface area (Å²) in [6, 6.07) is 10.5. The second kappa shape index (κ2) is 5.26. The molecule has 0 aliphatic rings. The van der Waals surface area contributed by atoms with Crippen molar-refractivity contribution in [3.8, 4) is 0 Å². The molecule has 0 aliphatic carbocycles. The predicted octanol–water partition coefficient (Wildman–Crippen LogP) is 2.65. The minimum Gasteiger partial charge on any atom is -0.366 e. The lowest BCUT2D eigenvalue weighted by molar-refractivity contribution is 1.07. The molecule has 1 aromatic heterocycles. The van der Waals surface area contributed by atoms with Crippen LogP contribution in [0.25, 0.3) is 0 Å². The third-order valence-electron chi connectivity index (χ3n) is 2.49. The lowest BCUT2D eigenvalue weighted by Crippen LogP contribution is -2.01. The number of aromatic nitrogens is 2. The van der Waals surface area contributed by atoms with Gasteiger partial charge in [-0.1, -0.05) is 31.2 Å². The molecule has 16 heavy (non-hydrogen) atoms. The lowest BCUT2D eigenvalue weighted by Gasteiger charge is -2.05. The van der Waals surface area contributed by atoms with Gasteiger partial charge < -0.3 is 5.32 Å². The Morgan fingerprint density at radius 2 is 1.81 bits per heavy atom. The van der Waals surface area contributed by atoms with Crippen LogP contribution in [0.1, 0.15) is 18.1 Å². The van der Waals surface area contributed by atoms with Crippen LogP contribution in [0.3, 0.4) is 0 Å². The molecule has 0 fully saturated rings. The number of nitrogens with zero attached hydrogens (tertiary/aromatic N) is 2. The van der Waals surface area contributed by atoms with Crippen LogP contribution in [0.5, 0.6) is 0 Å². The maximum Gasteiger partial charge on any atom is 0.129 e. The van der Waals surface area contributed by atoms with Crippen molar-refractivity contribution in [2.45, 2.75) is 19.9 Å². The molecular formula is C13H15N3. The first-order valence-electron chi connectivity index (χ1n) is 5.46. The summed E-state index contributed by atoms with van der Waals surface area (Å²) in [5, 5.41) is 3.25. The van der Waals surface area contributed by atoms with Crippen LogP contribution < -0.4 is 5.32 Å². The molecular weight excluding hydrogens is 198 g/mol. The van der Waals surface area contributed by atoms with Crippen LogP contribution in [-0.4, -0.2) is 9.97 Å². The second-order valence-electron chi connectivity index (χ2n) is 3.62. The summed E-state index contributed by atoms with van der Waals surface area (Å²) in [5.74, 6) is 0.856. The van der Waals surface area contributed by atoms with E-state index >= 15 is 0 Å². The number of benzene rings is 1. The smallest absolute Gasteiger partial charge is 0.129 e. The highest BCUT2D eigenvalue weighted by molar-refractivity contribution is 5.34. The summed E-state index contributed by atoms with van der Waals surface area (Å²) >= 11 is 0. The van der Waals surface area contributed by atoms with Crippen molar-refractivity contribution in [2.24, 2.45) is 0 Å². The molecule has 1 N–H and O–H groups in total. The third kappa shape index (κ3) is 2.79. The normalized spacial score (nSPS) is 10.1. The zero-order valence-corrected chi connectivity index (χ0v) is 9.35. The number of hydrogen-bond donors (Lipinski definition) is 1. The van der Waals surface area contributed by atoms with E-state index in [4.69, 9.17) is 0 Å². The molecule has 0 spiro atoms. The number of nitrogens with one attached hydrogen (secondary N) is 1. The van der Waals surface area contributed by atoms with E-state index in [0.717, 1.165) is 18.8 Å². The van der Waals surface area contributed by atoms with E-state index in [-0.39, 0.29) is 0 Å². The van der Waals surface area contributed by atoms with Crippen molar-refractivity contribution in [2.75, 3.05) is 5.32 Å². The Hall–Kier alpha value is -1.90. The first-order valence-corrected chi connectivity index (χ1v) is 5.46. The second-order valence-corrected chi connectivity index (χ2v) is 3.62. The van der Waals surface area contributed by atoms with E-state index < -0.39 is 0 Å². The fourth-order valence-electron chi connectivity index (χ4n) is 1.48. The van der Waals surface area contributed by atoms with Crippen molar-refractivity contribution in [1.29, 1.82) is 0 Å². The fraction of sp³-hybridized carbons (Fsp3) is 0.231. The van der Waals surface area contributed by atoms with Gasteiger partial charge in [-0.05, 0) is 23.6 Å². The average Bonchev–Trinajstić information content (AvgIpc) is 2.38. The van der Waals surface area contributed by atoms with Crippen molar-refractivity contribution in [3.63, 3.8) is 0 Å². The van der Waals surface area contributed by atoms with Gasteiger partial charge in [0.15, 0.2) is 0 Å². The Morgan fingerprint density at radius 1 is 1.06 bits per heavy atom. The fourth-order valence-corrected chi connectivity index (χ4v) is 1.48. The topological polar surface area (TPSA) is 37.8 Å². The van der Waals surface area contributed by atoms with Crippen molar-refractivity contribution in [3.05, 3.63) is 54.0 Å². The SMILES string of the molecule is CCc1ccc(CNc2ccncn2)cc1. The molecule has 2 rings (SSSR count). The van der Waals surface area contributed by atoms with Crippen molar-refractivity contribution >= 4 is 5.82 Å². The van der Waals surface area contributed by atoms with Gasteiger partial charge in [0.2, 0.25) is 0 Å². The van der Waals surface area contributed by atoms with E-state index in [9.17, 15) is 0 Å². The Labute approximate surface area is 95.6 Å². The average molecular weight is 213 g/mol. The zero-order valence-electron chi connectivity index (χ0n) is 9.35. The Balaban J connectivity index is 1.94. The first-order chi connectivity index (χ1) is 7.88. The number of aryl methyl sites for hydroxylation is 1. The van der Waals surface area contributed by atoms with Gasteiger partial charge in [-0.3, -0.25) is 0 Å². The number of anilines is 1. The molecule has 3 nitrogen and oxygen atoms in total. The molecule has 1 heterocycles. The summed E-state index contributed by atoms with van der Waals surface area (Å²) in [6.45, 7) is 2.95. The molecule has 0 radical (unpaired) electrons. The minimum atomic E-state index is 0.793. The highest BCUT2D eigenvalue weighted by Gasteiger charge is 1.94. The van der Waals surface area contributed by atoms with Gasteiger partial charge in [0, 0.05) is 12.7 Å². The lowest BCUT2D eigenvalue weighted by atomic mass is 10.1. The van der Waals surface area contributed by atoms with Crippen molar-refractivity contribution < 1.29 is 0 Å². The predicted molar refractivity (Wildman–Crippen MR) is 65.2 cm³/mol. The van der Waals surface area contributed by atoms with E-state index in [1.54, 1.807) is 12.5 Å². The van der Waals surface area contributed by atoms with E-state index in [1.807, 2.05) is 6.07 Å². The molecule has 0 atom stereocenters. The van der Waals surface area contributed by atoms with Gasteiger partial charge in [0.1, 0.15) is 12.1 Å². The molecule has 2 aromatic rings. The number of hydrogen-bond acceptors (Lipinski definition) is 3.